The molecular formula is C22H18F2O12. The summed E-state index contributed by atoms with van der Waals surface area (Å²) >= 11 is 0. The van der Waals surface area contributed by atoms with Gasteiger partial charge in [0.1, 0.15) is 11.5 Å². The van der Waals surface area contributed by atoms with Gasteiger partial charge in [-0.05, 0) is 24.3 Å². The first-order chi connectivity index (χ1) is 16.9. The monoisotopic (exact) mass is 512 g/mol. The van der Waals surface area contributed by atoms with E-state index in [1.807, 2.05) is 0 Å². The topological polar surface area (TPSA) is 186 Å². The molecule has 0 fully saturated rings. The van der Waals surface area contributed by atoms with Crippen molar-refractivity contribution in [3.05, 3.63) is 71.7 Å². The van der Waals surface area contributed by atoms with E-state index in [0.717, 1.165) is 24.3 Å². The number of hydrogen-bond acceptors (Lipinski definition) is 8. The summed E-state index contributed by atoms with van der Waals surface area (Å²) in [4.78, 5) is 42.1. The van der Waals surface area contributed by atoms with Crippen LogP contribution in [0.3, 0.4) is 0 Å². The summed E-state index contributed by atoms with van der Waals surface area (Å²) < 4.78 is 45.7. The Morgan fingerprint density at radius 3 is 1.22 bits per heavy atom. The molecule has 0 atom stereocenters. The zero-order valence-corrected chi connectivity index (χ0v) is 18.4. The Morgan fingerprint density at radius 1 is 0.667 bits per heavy atom. The minimum atomic E-state index is -1.62. The van der Waals surface area contributed by atoms with Gasteiger partial charge in [0, 0.05) is 12.1 Å². The van der Waals surface area contributed by atoms with Crippen molar-refractivity contribution in [2.45, 2.75) is 0 Å². The van der Waals surface area contributed by atoms with Gasteiger partial charge in [0.05, 0.1) is 26.4 Å². The molecule has 0 saturated heterocycles. The normalized spacial score (nSPS) is 10.9. The zero-order valence-electron chi connectivity index (χ0n) is 18.4. The Hall–Kier alpha value is -5.14. The van der Waals surface area contributed by atoms with E-state index >= 15 is 0 Å². The van der Waals surface area contributed by atoms with Crippen LogP contribution in [0.1, 0.15) is 0 Å². The van der Waals surface area contributed by atoms with Crippen LogP contribution < -0.4 is 18.9 Å². The molecule has 0 saturated carbocycles. The molecule has 0 aliphatic rings. The number of benzene rings is 2. The van der Waals surface area contributed by atoms with Crippen molar-refractivity contribution in [1.29, 1.82) is 0 Å². The van der Waals surface area contributed by atoms with Crippen molar-refractivity contribution in [2.24, 2.45) is 0 Å². The number of rotatable bonds is 10. The average molecular weight is 512 g/mol. The summed E-state index contributed by atoms with van der Waals surface area (Å²) in [5, 5.41) is 34.2. The van der Waals surface area contributed by atoms with Crippen molar-refractivity contribution in [3.63, 3.8) is 0 Å². The standard InChI is InChI=1S/2C11H9FO6/c2*1-17-6-2-3-8(7(12)4-6)18-9(11(15)16)5-10(13)14/h2*2-5H,1H3,(H,13,14)(H,15,16)/b9-5+;9-5-. The van der Waals surface area contributed by atoms with Gasteiger partial charge in [0.15, 0.2) is 23.1 Å². The lowest BCUT2D eigenvalue weighted by Gasteiger charge is -2.07. The van der Waals surface area contributed by atoms with Gasteiger partial charge >= 0.3 is 23.9 Å². The zero-order chi connectivity index (χ0) is 27.4. The quantitative estimate of drug-likeness (QED) is 0.270. The molecule has 36 heavy (non-hydrogen) atoms. The molecule has 0 bridgehead atoms. The van der Waals surface area contributed by atoms with Crippen LogP contribution in [0.4, 0.5) is 8.78 Å². The van der Waals surface area contributed by atoms with E-state index in [4.69, 9.17) is 29.9 Å². The molecule has 0 radical (unpaired) electrons. The molecule has 0 amide bonds. The SMILES string of the molecule is COc1ccc(O/C(=C/C(=O)O)C(=O)O)c(F)c1.COc1ccc(O/C(=C\C(=O)O)C(=O)O)c(F)c1. The maximum atomic E-state index is 13.4. The highest BCUT2D eigenvalue weighted by Crippen LogP contribution is 2.25. The van der Waals surface area contributed by atoms with Gasteiger partial charge in [-0.15, -0.1) is 0 Å². The molecule has 2 aromatic rings. The number of carbonyl (C=O) groups is 4. The molecule has 192 valence electrons. The minimum absolute atomic E-state index is 0.221. The van der Waals surface area contributed by atoms with Gasteiger partial charge in [-0.25, -0.2) is 28.0 Å². The molecule has 2 aromatic carbocycles. The summed E-state index contributed by atoms with van der Waals surface area (Å²) in [6.07, 6.45) is 0.651. The predicted molar refractivity (Wildman–Crippen MR) is 114 cm³/mol. The fourth-order valence-corrected chi connectivity index (χ4v) is 2.11. The lowest BCUT2D eigenvalue weighted by atomic mass is 10.3. The highest BCUT2D eigenvalue weighted by molar-refractivity contribution is 5.93. The molecule has 0 aliphatic carbocycles. The number of ether oxygens (including phenoxy) is 4. The van der Waals surface area contributed by atoms with E-state index in [-0.39, 0.29) is 11.5 Å². The molecule has 12 nitrogen and oxygen atoms in total. The highest BCUT2D eigenvalue weighted by Gasteiger charge is 2.16. The summed E-state index contributed by atoms with van der Waals surface area (Å²) in [6.45, 7) is 0. The van der Waals surface area contributed by atoms with E-state index in [2.05, 4.69) is 9.47 Å². The number of carboxylic acids is 4. The maximum Gasteiger partial charge on any atom is 0.372 e. The van der Waals surface area contributed by atoms with Crippen LogP contribution in [-0.4, -0.2) is 58.5 Å². The van der Waals surface area contributed by atoms with E-state index in [0.29, 0.717) is 12.2 Å². The number of carboxylic acid groups (broad SMARTS) is 4. The van der Waals surface area contributed by atoms with Crippen molar-refractivity contribution >= 4 is 23.9 Å². The lowest BCUT2D eigenvalue weighted by molar-refractivity contribution is -0.137. The minimum Gasteiger partial charge on any atom is -0.497 e. The van der Waals surface area contributed by atoms with Gasteiger partial charge in [0.2, 0.25) is 11.5 Å². The molecule has 2 rings (SSSR count). The molecule has 0 aliphatic heterocycles. The van der Waals surface area contributed by atoms with Crippen LogP contribution in [0.5, 0.6) is 23.0 Å². The Bertz CT molecular complexity index is 1110. The smallest absolute Gasteiger partial charge is 0.372 e. The number of hydrogen-bond donors (Lipinski definition) is 4. The van der Waals surface area contributed by atoms with E-state index in [1.165, 1.54) is 26.4 Å². The summed E-state index contributed by atoms with van der Waals surface area (Å²) in [6, 6.07) is 6.92. The molecule has 0 heterocycles. The first kappa shape index (κ1) is 28.9. The summed E-state index contributed by atoms with van der Waals surface area (Å²) in [5.41, 5.74) is 0. The Kier molecular flexibility index (Phi) is 10.9. The van der Waals surface area contributed by atoms with E-state index in [1.54, 1.807) is 0 Å². The second-order valence-electron chi connectivity index (χ2n) is 6.10. The molecule has 0 unspecified atom stereocenters. The van der Waals surface area contributed by atoms with Crippen LogP contribution >= 0.6 is 0 Å². The van der Waals surface area contributed by atoms with Gasteiger partial charge in [-0.2, -0.15) is 0 Å². The third-order valence-electron chi connectivity index (χ3n) is 3.65. The van der Waals surface area contributed by atoms with E-state index in [9.17, 15) is 28.0 Å². The maximum absolute atomic E-state index is 13.4. The first-order valence-corrected chi connectivity index (χ1v) is 9.26. The third-order valence-corrected chi connectivity index (χ3v) is 3.65. The van der Waals surface area contributed by atoms with Gasteiger partial charge in [0.25, 0.3) is 0 Å². The molecule has 14 heteroatoms. The second kappa shape index (κ2) is 13.5. The molecular weight excluding hydrogens is 494 g/mol. The van der Waals surface area contributed by atoms with E-state index < -0.39 is 58.5 Å². The van der Waals surface area contributed by atoms with Gasteiger partial charge in [-0.1, -0.05) is 0 Å². The fourth-order valence-electron chi connectivity index (χ4n) is 2.11. The molecule has 0 aromatic heterocycles. The van der Waals surface area contributed by atoms with Crippen molar-refractivity contribution in [1.82, 2.24) is 0 Å². The van der Waals surface area contributed by atoms with Crippen LogP contribution in [-0.2, 0) is 19.2 Å². The van der Waals surface area contributed by atoms with Crippen LogP contribution in [0.25, 0.3) is 0 Å². The average Bonchev–Trinajstić information content (AvgIpc) is 2.80. The largest absolute Gasteiger partial charge is 0.497 e. The molecule has 0 spiro atoms. The highest BCUT2D eigenvalue weighted by atomic mass is 19.1. The van der Waals surface area contributed by atoms with Gasteiger partial charge in [-0.3, -0.25) is 0 Å². The Balaban J connectivity index is 0.000000360. The Labute approximate surface area is 200 Å². The predicted octanol–water partition coefficient (Wildman–Crippen LogP) is 2.53. The number of methoxy groups -OCH3 is 2. The lowest BCUT2D eigenvalue weighted by Crippen LogP contribution is -2.11. The van der Waals surface area contributed by atoms with Crippen LogP contribution in [0.15, 0.2) is 60.1 Å². The van der Waals surface area contributed by atoms with Crippen molar-refractivity contribution in [3.8, 4) is 23.0 Å². The Morgan fingerprint density at radius 2 is 1.00 bits per heavy atom. The third kappa shape index (κ3) is 9.38. The number of aliphatic carboxylic acids is 4. The first-order valence-electron chi connectivity index (χ1n) is 9.26. The van der Waals surface area contributed by atoms with Crippen LogP contribution in [0, 0.1) is 11.6 Å². The summed E-state index contributed by atoms with van der Waals surface area (Å²) in [5.74, 6) is -10.2. The van der Waals surface area contributed by atoms with Crippen molar-refractivity contribution < 1.29 is 67.3 Å². The van der Waals surface area contributed by atoms with Crippen LogP contribution in [0.2, 0.25) is 0 Å². The van der Waals surface area contributed by atoms with Crippen molar-refractivity contribution in [2.75, 3.05) is 14.2 Å². The number of halogens is 2. The second-order valence-corrected chi connectivity index (χ2v) is 6.10. The molecule has 4 N–H and O–H groups in total. The fraction of sp³-hybridized carbons (Fsp3) is 0.0909. The summed E-state index contributed by atoms with van der Waals surface area (Å²) in [7, 11) is 2.67. The van der Waals surface area contributed by atoms with Gasteiger partial charge < -0.3 is 39.4 Å².